The summed E-state index contributed by atoms with van der Waals surface area (Å²) in [5, 5.41) is 0. The number of ether oxygens (including phenoxy) is 1. The zero-order chi connectivity index (χ0) is 9.97. The number of nitrogens with two attached hydrogens (primary N) is 1. The summed E-state index contributed by atoms with van der Waals surface area (Å²) in [6, 6.07) is 3.90. The molecule has 2 N–H and O–H groups in total. The van der Waals surface area contributed by atoms with Gasteiger partial charge in [-0.15, -0.1) is 0 Å². The minimum absolute atomic E-state index is 0.273. The van der Waals surface area contributed by atoms with Crippen molar-refractivity contribution in [1.82, 2.24) is 0 Å². The minimum atomic E-state index is 0.273. The van der Waals surface area contributed by atoms with Gasteiger partial charge < -0.3 is 19.8 Å². The van der Waals surface area contributed by atoms with Crippen molar-refractivity contribution < 1.29 is 9.15 Å². The summed E-state index contributed by atoms with van der Waals surface area (Å²) in [5.74, 6) is 1.74. The maximum Gasteiger partial charge on any atom is 0.195 e. The molecule has 1 unspecified atom stereocenters. The Morgan fingerprint density at radius 3 is 3.07 bits per heavy atom. The molecule has 1 atom stereocenters. The summed E-state index contributed by atoms with van der Waals surface area (Å²) in [6.45, 7) is 5.07. The van der Waals surface area contributed by atoms with Gasteiger partial charge in [0.2, 0.25) is 0 Å². The first-order valence-electron chi connectivity index (χ1n) is 4.95. The van der Waals surface area contributed by atoms with E-state index in [4.69, 9.17) is 14.9 Å². The van der Waals surface area contributed by atoms with Crippen molar-refractivity contribution in [2.75, 3.05) is 24.6 Å². The highest BCUT2D eigenvalue weighted by Gasteiger charge is 2.19. The Morgan fingerprint density at radius 2 is 2.43 bits per heavy atom. The van der Waals surface area contributed by atoms with Gasteiger partial charge in [0.25, 0.3) is 0 Å². The van der Waals surface area contributed by atoms with Gasteiger partial charge in [0.1, 0.15) is 5.76 Å². The Hall–Kier alpha value is -1.00. The van der Waals surface area contributed by atoms with E-state index in [1.54, 1.807) is 0 Å². The number of anilines is 1. The number of morpholine rings is 1. The fraction of sp³-hybridized carbons (Fsp3) is 0.600. The second-order valence-corrected chi connectivity index (χ2v) is 3.57. The average molecular weight is 196 g/mol. The largest absolute Gasteiger partial charge is 0.444 e. The Labute approximate surface area is 83.6 Å². The monoisotopic (exact) mass is 196 g/mol. The van der Waals surface area contributed by atoms with Crippen LogP contribution in [0.5, 0.6) is 0 Å². The molecule has 1 fully saturated rings. The van der Waals surface area contributed by atoms with Gasteiger partial charge in [-0.3, -0.25) is 0 Å². The lowest BCUT2D eigenvalue weighted by molar-refractivity contribution is 0.0517. The van der Waals surface area contributed by atoms with Crippen LogP contribution in [-0.2, 0) is 11.3 Å². The second-order valence-electron chi connectivity index (χ2n) is 3.57. The third kappa shape index (κ3) is 1.91. The molecule has 0 radical (unpaired) electrons. The third-order valence-electron chi connectivity index (χ3n) is 2.40. The molecule has 78 valence electrons. The van der Waals surface area contributed by atoms with E-state index in [-0.39, 0.29) is 6.10 Å². The summed E-state index contributed by atoms with van der Waals surface area (Å²) >= 11 is 0. The molecule has 0 spiro atoms. The SMILES string of the molecule is CC1CN(c2ccc(CN)o2)CCO1. The maximum atomic E-state index is 5.57. The topological polar surface area (TPSA) is 51.6 Å². The van der Waals surface area contributed by atoms with Crippen LogP contribution in [0.4, 0.5) is 5.88 Å². The molecule has 1 aromatic heterocycles. The highest BCUT2D eigenvalue weighted by molar-refractivity contribution is 5.37. The van der Waals surface area contributed by atoms with E-state index in [9.17, 15) is 0 Å². The van der Waals surface area contributed by atoms with Crippen molar-refractivity contribution in [3.05, 3.63) is 17.9 Å². The zero-order valence-electron chi connectivity index (χ0n) is 8.40. The molecule has 0 saturated carbocycles. The molecule has 0 bridgehead atoms. The molecule has 1 aliphatic rings. The lowest BCUT2D eigenvalue weighted by atomic mass is 10.3. The summed E-state index contributed by atoms with van der Waals surface area (Å²) in [7, 11) is 0. The predicted molar refractivity (Wildman–Crippen MR) is 54.2 cm³/mol. The summed E-state index contributed by atoms with van der Waals surface area (Å²) in [5.41, 5.74) is 5.48. The molecule has 14 heavy (non-hydrogen) atoms. The van der Waals surface area contributed by atoms with Crippen molar-refractivity contribution in [2.45, 2.75) is 19.6 Å². The van der Waals surface area contributed by atoms with Crippen molar-refractivity contribution in [1.29, 1.82) is 0 Å². The molecule has 1 aliphatic heterocycles. The van der Waals surface area contributed by atoms with E-state index >= 15 is 0 Å². The lowest BCUT2D eigenvalue weighted by Gasteiger charge is -2.30. The van der Waals surface area contributed by atoms with E-state index in [2.05, 4.69) is 11.8 Å². The number of hydrogen-bond donors (Lipinski definition) is 1. The lowest BCUT2D eigenvalue weighted by Crippen LogP contribution is -2.40. The number of rotatable bonds is 2. The van der Waals surface area contributed by atoms with Crippen LogP contribution in [0, 0.1) is 0 Å². The molecule has 2 rings (SSSR count). The van der Waals surface area contributed by atoms with E-state index in [1.807, 2.05) is 12.1 Å². The summed E-state index contributed by atoms with van der Waals surface area (Å²) in [6.07, 6.45) is 0.273. The van der Waals surface area contributed by atoms with E-state index in [0.29, 0.717) is 6.54 Å². The van der Waals surface area contributed by atoms with Crippen LogP contribution in [0.3, 0.4) is 0 Å². The van der Waals surface area contributed by atoms with Gasteiger partial charge in [0, 0.05) is 19.2 Å². The van der Waals surface area contributed by atoms with Crippen molar-refractivity contribution in [3.8, 4) is 0 Å². The Kier molecular flexibility index (Phi) is 2.74. The molecular formula is C10H16N2O2. The maximum absolute atomic E-state index is 5.57. The van der Waals surface area contributed by atoms with Crippen molar-refractivity contribution >= 4 is 5.88 Å². The average Bonchev–Trinajstić information content (AvgIpc) is 2.66. The Bertz CT molecular complexity index is 298. The van der Waals surface area contributed by atoms with Crippen LogP contribution in [0.15, 0.2) is 16.5 Å². The highest BCUT2D eigenvalue weighted by Crippen LogP contribution is 2.20. The molecule has 1 saturated heterocycles. The van der Waals surface area contributed by atoms with E-state index in [0.717, 1.165) is 31.3 Å². The first-order valence-corrected chi connectivity index (χ1v) is 4.95. The Morgan fingerprint density at radius 1 is 1.57 bits per heavy atom. The quantitative estimate of drug-likeness (QED) is 0.765. The zero-order valence-corrected chi connectivity index (χ0v) is 8.40. The first-order chi connectivity index (χ1) is 6.79. The van der Waals surface area contributed by atoms with Gasteiger partial charge in [-0.1, -0.05) is 0 Å². The molecule has 0 amide bonds. The highest BCUT2D eigenvalue weighted by atomic mass is 16.5. The predicted octanol–water partition coefficient (Wildman–Crippen LogP) is 0.963. The fourth-order valence-electron chi connectivity index (χ4n) is 1.66. The molecule has 0 aliphatic carbocycles. The third-order valence-corrected chi connectivity index (χ3v) is 2.40. The smallest absolute Gasteiger partial charge is 0.195 e. The number of furan rings is 1. The summed E-state index contributed by atoms with van der Waals surface area (Å²) < 4.78 is 11.0. The second kappa shape index (κ2) is 4.02. The van der Waals surface area contributed by atoms with Crippen molar-refractivity contribution in [2.24, 2.45) is 5.73 Å². The van der Waals surface area contributed by atoms with E-state index in [1.165, 1.54) is 0 Å². The van der Waals surface area contributed by atoms with Crippen LogP contribution >= 0.6 is 0 Å². The standard InChI is InChI=1S/C10H16N2O2/c1-8-7-12(4-5-13-8)10-3-2-9(6-11)14-10/h2-3,8H,4-7,11H2,1H3. The fourth-order valence-corrected chi connectivity index (χ4v) is 1.66. The van der Waals surface area contributed by atoms with Crippen LogP contribution in [0.2, 0.25) is 0 Å². The van der Waals surface area contributed by atoms with Gasteiger partial charge >= 0.3 is 0 Å². The molecular weight excluding hydrogens is 180 g/mol. The van der Waals surface area contributed by atoms with Crippen LogP contribution in [0.1, 0.15) is 12.7 Å². The molecule has 4 nitrogen and oxygen atoms in total. The molecule has 4 heteroatoms. The van der Waals surface area contributed by atoms with Gasteiger partial charge in [-0.2, -0.15) is 0 Å². The van der Waals surface area contributed by atoms with Crippen LogP contribution < -0.4 is 10.6 Å². The normalized spacial score (nSPS) is 22.7. The minimum Gasteiger partial charge on any atom is -0.444 e. The van der Waals surface area contributed by atoms with Crippen molar-refractivity contribution in [3.63, 3.8) is 0 Å². The van der Waals surface area contributed by atoms with Gasteiger partial charge in [0.05, 0.1) is 19.3 Å². The first kappa shape index (κ1) is 9.55. The number of hydrogen-bond acceptors (Lipinski definition) is 4. The summed E-state index contributed by atoms with van der Waals surface area (Å²) in [4.78, 5) is 2.19. The molecule has 2 heterocycles. The van der Waals surface area contributed by atoms with Crippen LogP contribution in [-0.4, -0.2) is 25.8 Å². The molecule has 1 aromatic rings. The van der Waals surface area contributed by atoms with Gasteiger partial charge in [-0.25, -0.2) is 0 Å². The van der Waals surface area contributed by atoms with Gasteiger partial charge in [-0.05, 0) is 13.0 Å². The van der Waals surface area contributed by atoms with Crippen LogP contribution in [0.25, 0.3) is 0 Å². The number of nitrogens with zero attached hydrogens (tertiary/aromatic N) is 1. The van der Waals surface area contributed by atoms with E-state index < -0.39 is 0 Å². The molecule has 0 aromatic carbocycles. The Balaban J connectivity index is 2.06. The van der Waals surface area contributed by atoms with Gasteiger partial charge in [0.15, 0.2) is 5.88 Å².